The van der Waals surface area contributed by atoms with Crippen LogP contribution in [0.3, 0.4) is 0 Å². The van der Waals surface area contributed by atoms with Crippen LogP contribution in [0.5, 0.6) is 11.5 Å². The van der Waals surface area contributed by atoms with Gasteiger partial charge in [0.15, 0.2) is 22.9 Å². The van der Waals surface area contributed by atoms with Crippen molar-refractivity contribution in [3.05, 3.63) is 95.7 Å². The number of ether oxygens (including phenoxy) is 2. The molecular weight excluding hydrogens is 436 g/mol. The van der Waals surface area contributed by atoms with Crippen LogP contribution >= 0.6 is 0 Å². The van der Waals surface area contributed by atoms with Crippen LogP contribution in [0.4, 0.5) is 5.69 Å². The number of Topliss-reactive ketones (excluding diaryl/α,β-unsaturated/α-hetero) is 1. The number of ketones is 1. The van der Waals surface area contributed by atoms with Gasteiger partial charge in [0.05, 0.1) is 25.8 Å². The molecule has 1 aliphatic rings. The van der Waals surface area contributed by atoms with E-state index in [1.54, 1.807) is 73.1 Å². The lowest BCUT2D eigenvalue weighted by Crippen LogP contribution is -2.31. The van der Waals surface area contributed by atoms with E-state index in [0.29, 0.717) is 33.7 Å². The van der Waals surface area contributed by atoms with E-state index < -0.39 is 23.5 Å². The quantitative estimate of drug-likeness (QED) is 0.422. The highest BCUT2D eigenvalue weighted by atomic mass is 16.5. The number of hydrogen-bond acceptors (Lipinski definition) is 7. The molecule has 1 N–H and O–H groups in total. The maximum absolute atomic E-state index is 13.7. The number of anilines is 1. The average molecular weight is 456 g/mol. The zero-order valence-corrected chi connectivity index (χ0v) is 18.4. The Morgan fingerprint density at radius 1 is 1.03 bits per heavy atom. The van der Waals surface area contributed by atoms with Gasteiger partial charge in [0.2, 0.25) is 5.78 Å². The van der Waals surface area contributed by atoms with Gasteiger partial charge in [-0.2, -0.15) is 0 Å². The van der Waals surface area contributed by atoms with Crippen molar-refractivity contribution in [3.8, 4) is 11.5 Å². The van der Waals surface area contributed by atoms with Crippen LogP contribution in [0.25, 0.3) is 11.0 Å². The molecule has 0 spiro atoms. The number of nitrogens with zero attached hydrogens (tertiary/aromatic N) is 2. The lowest BCUT2D eigenvalue weighted by molar-refractivity contribution is -0.117. The maximum atomic E-state index is 13.7. The predicted octanol–water partition coefficient (Wildman–Crippen LogP) is 4.63. The smallest absolute Gasteiger partial charge is 0.294 e. The molecule has 4 aromatic rings. The zero-order chi connectivity index (χ0) is 23.8. The second-order valence-corrected chi connectivity index (χ2v) is 7.64. The normalized spacial score (nSPS) is 15.8. The van der Waals surface area contributed by atoms with Crippen LogP contribution < -0.4 is 14.4 Å². The third kappa shape index (κ3) is 3.36. The van der Waals surface area contributed by atoms with E-state index in [9.17, 15) is 14.7 Å². The van der Waals surface area contributed by atoms with Gasteiger partial charge in [0, 0.05) is 29.5 Å². The molecule has 0 fully saturated rings. The number of rotatable bonds is 6. The summed E-state index contributed by atoms with van der Waals surface area (Å²) in [5.41, 5.74) is 1.39. The fourth-order valence-electron chi connectivity index (χ4n) is 4.17. The molecule has 0 saturated heterocycles. The largest absolute Gasteiger partial charge is 0.503 e. The highest BCUT2D eigenvalue weighted by Crippen LogP contribution is 2.43. The first-order chi connectivity index (χ1) is 16.5. The van der Waals surface area contributed by atoms with E-state index in [1.165, 1.54) is 19.1 Å². The van der Waals surface area contributed by atoms with Crippen LogP contribution in [0.2, 0.25) is 0 Å². The summed E-state index contributed by atoms with van der Waals surface area (Å²) in [6.45, 7) is 0. The first-order valence-corrected chi connectivity index (χ1v) is 10.5. The highest BCUT2D eigenvalue weighted by Gasteiger charge is 2.45. The molecule has 1 amide bonds. The number of methoxy groups -OCH3 is 2. The van der Waals surface area contributed by atoms with Crippen molar-refractivity contribution in [3.63, 3.8) is 0 Å². The third-order valence-corrected chi connectivity index (χ3v) is 5.76. The second-order valence-electron chi connectivity index (χ2n) is 7.64. The molecule has 3 heterocycles. The first kappa shape index (κ1) is 21.3. The van der Waals surface area contributed by atoms with E-state index in [2.05, 4.69) is 4.98 Å². The van der Waals surface area contributed by atoms with Crippen LogP contribution in [0.1, 0.15) is 22.2 Å². The minimum atomic E-state index is -0.898. The van der Waals surface area contributed by atoms with Crippen molar-refractivity contribution in [2.24, 2.45) is 0 Å². The summed E-state index contributed by atoms with van der Waals surface area (Å²) in [5.74, 6) is -0.950. The van der Waals surface area contributed by atoms with Gasteiger partial charge in [-0.15, -0.1) is 0 Å². The Morgan fingerprint density at radius 3 is 2.53 bits per heavy atom. The van der Waals surface area contributed by atoms with Gasteiger partial charge < -0.3 is 19.0 Å². The number of benzene rings is 2. The summed E-state index contributed by atoms with van der Waals surface area (Å²) in [6, 6.07) is 16.2. The summed E-state index contributed by atoms with van der Waals surface area (Å²) >= 11 is 0. The Morgan fingerprint density at radius 2 is 1.79 bits per heavy atom. The van der Waals surface area contributed by atoms with Crippen molar-refractivity contribution in [2.45, 2.75) is 6.04 Å². The van der Waals surface area contributed by atoms with E-state index in [1.807, 2.05) is 0 Å². The van der Waals surface area contributed by atoms with Crippen molar-refractivity contribution < 1.29 is 28.6 Å². The maximum Gasteiger partial charge on any atom is 0.294 e. The minimum absolute atomic E-state index is 0.0135. The number of carbonyl (C=O) groups excluding carboxylic acids is 2. The molecule has 8 heteroatoms. The van der Waals surface area contributed by atoms with E-state index in [0.717, 1.165) is 0 Å². The van der Waals surface area contributed by atoms with Gasteiger partial charge >= 0.3 is 0 Å². The number of furan rings is 1. The lowest BCUT2D eigenvalue weighted by Gasteiger charge is -2.26. The second kappa shape index (κ2) is 8.40. The number of amides is 1. The molecule has 0 radical (unpaired) electrons. The molecule has 8 nitrogen and oxygen atoms in total. The molecule has 1 atom stereocenters. The molecule has 0 aliphatic carbocycles. The highest BCUT2D eigenvalue weighted by molar-refractivity contribution is 6.20. The molecule has 1 unspecified atom stereocenters. The van der Waals surface area contributed by atoms with Crippen LogP contribution in [-0.2, 0) is 4.79 Å². The molecule has 1 aliphatic heterocycles. The fraction of sp³-hybridized carbons (Fsp3) is 0.115. The third-order valence-electron chi connectivity index (χ3n) is 5.76. The van der Waals surface area contributed by atoms with Crippen LogP contribution in [0.15, 0.2) is 88.8 Å². The summed E-state index contributed by atoms with van der Waals surface area (Å²) < 4.78 is 16.5. The zero-order valence-electron chi connectivity index (χ0n) is 18.4. The SMILES string of the molecule is COc1cccc(N2C(=O)C(O)=C(C(=O)c3cc4cccc(OC)c4o3)C2c2ccncc2)c1. The number of carbonyl (C=O) groups is 2. The molecule has 2 aromatic carbocycles. The van der Waals surface area contributed by atoms with Gasteiger partial charge in [-0.3, -0.25) is 19.5 Å². The van der Waals surface area contributed by atoms with Crippen molar-refractivity contribution in [1.29, 1.82) is 0 Å². The molecule has 2 aromatic heterocycles. The topological polar surface area (TPSA) is 102 Å². The number of aliphatic hydroxyl groups is 1. The Hall–Kier alpha value is -4.59. The lowest BCUT2D eigenvalue weighted by atomic mass is 9.95. The summed E-state index contributed by atoms with van der Waals surface area (Å²) in [6.07, 6.45) is 3.13. The molecule has 34 heavy (non-hydrogen) atoms. The van der Waals surface area contributed by atoms with Crippen LogP contribution in [0, 0.1) is 0 Å². The first-order valence-electron chi connectivity index (χ1n) is 10.5. The monoisotopic (exact) mass is 456 g/mol. The molecular formula is C26H20N2O6. The fourth-order valence-corrected chi connectivity index (χ4v) is 4.17. The number of pyridine rings is 1. The summed E-state index contributed by atoms with van der Waals surface area (Å²) in [5, 5.41) is 11.6. The van der Waals surface area contributed by atoms with Crippen LogP contribution in [-0.4, -0.2) is 36.0 Å². The van der Waals surface area contributed by atoms with Gasteiger partial charge in [0.25, 0.3) is 5.91 Å². The standard InChI is InChI=1S/C26H20N2O6/c1-32-18-7-4-6-17(14-18)28-22(15-9-11-27-12-10-15)21(24(30)26(28)31)23(29)20-13-16-5-3-8-19(33-2)25(16)34-20/h3-14,22,30H,1-2H3. The molecule has 0 saturated carbocycles. The Bertz CT molecular complexity index is 1440. The van der Waals surface area contributed by atoms with Gasteiger partial charge in [0.1, 0.15) is 5.75 Å². The van der Waals surface area contributed by atoms with Gasteiger partial charge in [-0.1, -0.05) is 18.2 Å². The number of aromatic nitrogens is 1. The Balaban J connectivity index is 1.65. The summed E-state index contributed by atoms with van der Waals surface area (Å²) in [4.78, 5) is 32.4. The van der Waals surface area contributed by atoms with Crippen molar-refractivity contribution >= 4 is 28.3 Å². The van der Waals surface area contributed by atoms with E-state index in [4.69, 9.17) is 13.9 Å². The number of hydrogen-bond donors (Lipinski definition) is 1. The average Bonchev–Trinajstić information content (AvgIpc) is 3.43. The predicted molar refractivity (Wildman–Crippen MR) is 124 cm³/mol. The number of para-hydroxylation sites is 1. The van der Waals surface area contributed by atoms with Crippen molar-refractivity contribution in [2.75, 3.05) is 19.1 Å². The van der Waals surface area contributed by atoms with E-state index >= 15 is 0 Å². The van der Waals surface area contributed by atoms with Gasteiger partial charge in [-0.05, 0) is 42.0 Å². The Kier molecular flexibility index (Phi) is 5.25. The minimum Gasteiger partial charge on any atom is -0.503 e. The molecule has 170 valence electrons. The molecule has 5 rings (SSSR count). The van der Waals surface area contributed by atoms with Crippen molar-refractivity contribution in [1.82, 2.24) is 4.98 Å². The summed E-state index contributed by atoms with van der Waals surface area (Å²) in [7, 11) is 3.03. The number of fused-ring (bicyclic) bond motifs is 1. The molecule has 0 bridgehead atoms. The number of aliphatic hydroxyl groups excluding tert-OH is 1. The van der Waals surface area contributed by atoms with Gasteiger partial charge in [-0.25, -0.2) is 0 Å². The van der Waals surface area contributed by atoms with E-state index in [-0.39, 0.29) is 11.3 Å². The Labute approximate surface area is 194 Å².